The third kappa shape index (κ3) is 1.73. The van der Waals surface area contributed by atoms with Gasteiger partial charge in [-0.2, -0.15) is 0 Å². The van der Waals surface area contributed by atoms with Gasteiger partial charge in [0.15, 0.2) is 0 Å². The number of imidazole rings is 1. The lowest BCUT2D eigenvalue weighted by Gasteiger charge is -2.10. The van der Waals surface area contributed by atoms with Gasteiger partial charge in [-0.15, -0.1) is 11.6 Å². The second-order valence-corrected chi connectivity index (χ2v) is 4.30. The Morgan fingerprint density at radius 3 is 3.08 bits per heavy atom. The molecule has 0 radical (unpaired) electrons. The average molecular weight is 199 g/mol. The number of rotatable bonds is 2. The summed E-state index contributed by atoms with van der Waals surface area (Å²) in [7, 11) is 0. The summed E-state index contributed by atoms with van der Waals surface area (Å²) in [5.41, 5.74) is 0. The first kappa shape index (κ1) is 9.07. The molecule has 0 saturated heterocycles. The van der Waals surface area contributed by atoms with Crippen LogP contribution >= 0.6 is 11.6 Å². The minimum atomic E-state index is 0.368. The standard InChI is InChI=1S/C10H15ClN2/c1-2-13-6-5-12-10(13)8-3-4-9(11)7-8/h5-6,8-9H,2-4,7H2,1H3. The molecule has 0 amide bonds. The maximum Gasteiger partial charge on any atom is 0.111 e. The third-order valence-corrected chi connectivity index (χ3v) is 3.22. The predicted molar refractivity (Wildman–Crippen MR) is 54.1 cm³/mol. The van der Waals surface area contributed by atoms with E-state index in [1.54, 1.807) is 0 Å². The molecule has 1 fully saturated rings. The third-order valence-electron chi connectivity index (χ3n) is 2.82. The Balaban J connectivity index is 2.16. The Morgan fingerprint density at radius 1 is 1.62 bits per heavy atom. The molecule has 0 spiro atoms. The van der Waals surface area contributed by atoms with E-state index >= 15 is 0 Å². The summed E-state index contributed by atoms with van der Waals surface area (Å²) in [6.07, 6.45) is 7.38. The number of aromatic nitrogens is 2. The van der Waals surface area contributed by atoms with E-state index in [1.165, 1.54) is 12.2 Å². The largest absolute Gasteiger partial charge is 0.335 e. The maximum absolute atomic E-state index is 6.08. The van der Waals surface area contributed by atoms with E-state index in [9.17, 15) is 0 Å². The van der Waals surface area contributed by atoms with E-state index in [0.717, 1.165) is 19.4 Å². The van der Waals surface area contributed by atoms with Crippen molar-refractivity contribution in [1.29, 1.82) is 0 Å². The molecule has 1 aromatic heterocycles. The van der Waals surface area contributed by atoms with Gasteiger partial charge in [-0.1, -0.05) is 0 Å². The van der Waals surface area contributed by atoms with Crippen LogP contribution in [-0.4, -0.2) is 14.9 Å². The normalized spacial score (nSPS) is 28.2. The van der Waals surface area contributed by atoms with Crippen molar-refractivity contribution in [3.8, 4) is 0 Å². The molecule has 2 rings (SSSR count). The Labute approximate surface area is 83.9 Å². The van der Waals surface area contributed by atoms with Crippen LogP contribution < -0.4 is 0 Å². The summed E-state index contributed by atoms with van der Waals surface area (Å²) in [5.74, 6) is 1.82. The molecule has 1 aliphatic rings. The fraction of sp³-hybridized carbons (Fsp3) is 0.700. The lowest BCUT2D eigenvalue weighted by Crippen LogP contribution is -2.05. The van der Waals surface area contributed by atoms with Crippen molar-refractivity contribution >= 4 is 11.6 Å². The molecule has 1 aromatic rings. The monoisotopic (exact) mass is 198 g/mol. The summed E-state index contributed by atoms with van der Waals surface area (Å²) >= 11 is 6.08. The van der Waals surface area contributed by atoms with Gasteiger partial charge >= 0.3 is 0 Å². The van der Waals surface area contributed by atoms with Gasteiger partial charge in [0.1, 0.15) is 5.82 Å². The Morgan fingerprint density at radius 2 is 2.46 bits per heavy atom. The highest BCUT2D eigenvalue weighted by Crippen LogP contribution is 2.36. The maximum atomic E-state index is 6.08. The van der Waals surface area contributed by atoms with Crippen LogP contribution in [0.2, 0.25) is 0 Å². The van der Waals surface area contributed by atoms with E-state index in [0.29, 0.717) is 11.3 Å². The molecule has 1 saturated carbocycles. The molecular formula is C10H15ClN2. The van der Waals surface area contributed by atoms with Gasteiger partial charge in [-0.3, -0.25) is 0 Å². The first-order valence-corrected chi connectivity index (χ1v) is 5.40. The van der Waals surface area contributed by atoms with Gasteiger partial charge in [0.2, 0.25) is 0 Å². The van der Waals surface area contributed by atoms with Gasteiger partial charge in [0.25, 0.3) is 0 Å². The van der Waals surface area contributed by atoms with Gasteiger partial charge in [-0.05, 0) is 26.2 Å². The summed E-state index contributed by atoms with van der Waals surface area (Å²) in [4.78, 5) is 4.41. The highest BCUT2D eigenvalue weighted by molar-refractivity contribution is 6.20. The van der Waals surface area contributed by atoms with Crippen LogP contribution in [0.3, 0.4) is 0 Å². The molecule has 72 valence electrons. The lowest BCUT2D eigenvalue weighted by atomic mass is 10.1. The molecule has 0 aromatic carbocycles. The minimum absolute atomic E-state index is 0.368. The highest BCUT2D eigenvalue weighted by atomic mass is 35.5. The van der Waals surface area contributed by atoms with Crippen molar-refractivity contribution in [3.05, 3.63) is 18.2 Å². The average Bonchev–Trinajstić information content (AvgIpc) is 2.71. The molecule has 1 heterocycles. The number of alkyl halides is 1. The smallest absolute Gasteiger partial charge is 0.111 e. The van der Waals surface area contributed by atoms with Crippen LogP contribution in [-0.2, 0) is 6.54 Å². The quantitative estimate of drug-likeness (QED) is 0.669. The Kier molecular flexibility index (Phi) is 2.58. The lowest BCUT2D eigenvalue weighted by molar-refractivity contribution is 0.600. The fourth-order valence-electron chi connectivity index (χ4n) is 2.11. The van der Waals surface area contributed by atoms with Crippen LogP contribution in [0.4, 0.5) is 0 Å². The van der Waals surface area contributed by atoms with Crippen molar-refractivity contribution in [2.45, 2.75) is 44.0 Å². The van der Waals surface area contributed by atoms with Crippen molar-refractivity contribution in [2.75, 3.05) is 0 Å². The first-order valence-electron chi connectivity index (χ1n) is 4.96. The molecule has 2 atom stereocenters. The van der Waals surface area contributed by atoms with Crippen molar-refractivity contribution in [2.24, 2.45) is 0 Å². The van der Waals surface area contributed by atoms with E-state index < -0.39 is 0 Å². The zero-order valence-corrected chi connectivity index (χ0v) is 8.67. The van der Waals surface area contributed by atoms with E-state index in [2.05, 4.69) is 22.7 Å². The number of hydrogen-bond acceptors (Lipinski definition) is 1. The van der Waals surface area contributed by atoms with Crippen LogP contribution in [0.1, 0.15) is 37.9 Å². The Bertz CT molecular complexity index is 282. The van der Waals surface area contributed by atoms with E-state index in [1.807, 2.05) is 6.20 Å². The summed E-state index contributed by atoms with van der Waals surface area (Å²) in [6.45, 7) is 3.16. The summed E-state index contributed by atoms with van der Waals surface area (Å²) < 4.78 is 2.22. The molecular weight excluding hydrogens is 184 g/mol. The number of nitrogens with zero attached hydrogens (tertiary/aromatic N) is 2. The van der Waals surface area contributed by atoms with E-state index in [4.69, 9.17) is 11.6 Å². The van der Waals surface area contributed by atoms with Crippen LogP contribution in [0.5, 0.6) is 0 Å². The number of halogens is 1. The van der Waals surface area contributed by atoms with Crippen molar-refractivity contribution < 1.29 is 0 Å². The topological polar surface area (TPSA) is 17.8 Å². The predicted octanol–water partition coefficient (Wildman–Crippen LogP) is 2.78. The molecule has 0 aliphatic heterocycles. The minimum Gasteiger partial charge on any atom is -0.335 e. The zero-order valence-electron chi connectivity index (χ0n) is 7.91. The van der Waals surface area contributed by atoms with Crippen LogP contribution in [0.25, 0.3) is 0 Å². The van der Waals surface area contributed by atoms with Crippen molar-refractivity contribution in [1.82, 2.24) is 9.55 Å². The molecule has 0 bridgehead atoms. The molecule has 13 heavy (non-hydrogen) atoms. The second kappa shape index (κ2) is 3.70. The van der Waals surface area contributed by atoms with E-state index in [-0.39, 0.29) is 0 Å². The zero-order chi connectivity index (χ0) is 9.26. The molecule has 1 aliphatic carbocycles. The number of aryl methyl sites for hydroxylation is 1. The van der Waals surface area contributed by atoms with Crippen molar-refractivity contribution in [3.63, 3.8) is 0 Å². The molecule has 2 nitrogen and oxygen atoms in total. The Hall–Kier alpha value is -0.500. The van der Waals surface area contributed by atoms with Gasteiger partial charge in [0, 0.05) is 30.2 Å². The SMILES string of the molecule is CCn1ccnc1C1CCC(Cl)C1. The van der Waals surface area contributed by atoms with Crippen LogP contribution in [0, 0.1) is 0 Å². The van der Waals surface area contributed by atoms with Gasteiger partial charge < -0.3 is 4.57 Å². The molecule has 2 unspecified atom stereocenters. The summed E-state index contributed by atoms with van der Waals surface area (Å²) in [6, 6.07) is 0. The second-order valence-electron chi connectivity index (χ2n) is 3.68. The van der Waals surface area contributed by atoms with Gasteiger partial charge in [-0.25, -0.2) is 4.98 Å². The fourth-order valence-corrected chi connectivity index (χ4v) is 2.45. The molecule has 3 heteroatoms. The summed E-state index contributed by atoms with van der Waals surface area (Å²) in [5, 5.41) is 0.368. The number of hydrogen-bond donors (Lipinski definition) is 0. The van der Waals surface area contributed by atoms with Crippen LogP contribution in [0.15, 0.2) is 12.4 Å². The molecule has 0 N–H and O–H groups in total. The van der Waals surface area contributed by atoms with Gasteiger partial charge in [0.05, 0.1) is 0 Å². The first-order chi connectivity index (χ1) is 6.31. The highest BCUT2D eigenvalue weighted by Gasteiger charge is 2.26.